The van der Waals surface area contributed by atoms with Crippen LogP contribution in [0.25, 0.3) is 0 Å². The highest BCUT2D eigenvalue weighted by molar-refractivity contribution is 9.10. The number of carbonyl (C=O) groups excluding carboxylic acids is 2. The number of rotatable bonds is 4. The van der Waals surface area contributed by atoms with Crippen LogP contribution in [0.1, 0.15) is 21.5 Å². The number of hydrogen-bond acceptors (Lipinski definition) is 4. The number of benzene rings is 2. The molecule has 0 unspecified atom stereocenters. The number of amides is 1. The van der Waals surface area contributed by atoms with Crippen molar-refractivity contribution in [1.29, 1.82) is 0 Å². The Kier molecular flexibility index (Phi) is 5.76. The van der Waals surface area contributed by atoms with Crippen molar-refractivity contribution in [2.45, 2.75) is 13.5 Å². The monoisotopic (exact) mass is 377 g/mol. The Morgan fingerprint density at radius 3 is 2.52 bits per heavy atom. The van der Waals surface area contributed by atoms with Crippen LogP contribution in [0, 0.1) is 6.92 Å². The Balaban J connectivity index is 2.07. The molecule has 0 aliphatic heterocycles. The van der Waals surface area contributed by atoms with Crippen LogP contribution in [-0.2, 0) is 16.1 Å². The van der Waals surface area contributed by atoms with E-state index in [-0.39, 0.29) is 6.61 Å². The number of aryl methyl sites for hydroxylation is 1. The molecule has 6 heteroatoms. The lowest BCUT2D eigenvalue weighted by Crippen LogP contribution is -2.15. The van der Waals surface area contributed by atoms with Crippen molar-refractivity contribution in [2.24, 2.45) is 0 Å². The summed E-state index contributed by atoms with van der Waals surface area (Å²) in [5, 5.41) is 2.64. The largest absolute Gasteiger partial charge is 0.465 e. The molecule has 5 nitrogen and oxygen atoms in total. The number of esters is 1. The van der Waals surface area contributed by atoms with Crippen LogP contribution in [0.5, 0.6) is 0 Å². The summed E-state index contributed by atoms with van der Waals surface area (Å²) < 4.78 is 10.5. The number of methoxy groups -OCH3 is 1. The van der Waals surface area contributed by atoms with E-state index in [1.807, 2.05) is 37.3 Å². The third-order valence-electron chi connectivity index (χ3n) is 3.17. The van der Waals surface area contributed by atoms with Crippen LogP contribution >= 0.6 is 15.9 Å². The van der Waals surface area contributed by atoms with Crippen LogP contribution in [-0.4, -0.2) is 19.2 Å². The summed E-state index contributed by atoms with van der Waals surface area (Å²) in [6.07, 6.45) is -0.588. The van der Waals surface area contributed by atoms with Crippen molar-refractivity contribution in [3.05, 3.63) is 63.6 Å². The normalized spacial score (nSPS) is 10.0. The summed E-state index contributed by atoms with van der Waals surface area (Å²) in [6, 6.07) is 12.7. The topological polar surface area (TPSA) is 64.6 Å². The molecule has 0 radical (unpaired) electrons. The molecule has 2 aromatic rings. The molecular weight excluding hydrogens is 362 g/mol. The van der Waals surface area contributed by atoms with E-state index < -0.39 is 12.1 Å². The lowest BCUT2D eigenvalue weighted by molar-refractivity contribution is 0.0599. The zero-order valence-electron chi connectivity index (χ0n) is 12.8. The maximum atomic E-state index is 11.9. The summed E-state index contributed by atoms with van der Waals surface area (Å²) in [5.41, 5.74) is 2.51. The third kappa shape index (κ3) is 4.56. The number of carbonyl (C=O) groups is 2. The van der Waals surface area contributed by atoms with Crippen LogP contribution in [0.4, 0.5) is 10.5 Å². The van der Waals surface area contributed by atoms with Gasteiger partial charge < -0.3 is 9.47 Å². The number of ether oxygens (including phenoxy) is 2. The smallest absolute Gasteiger partial charge is 0.411 e. The van der Waals surface area contributed by atoms with E-state index in [2.05, 4.69) is 21.2 Å². The van der Waals surface area contributed by atoms with Crippen LogP contribution in [0.2, 0.25) is 0 Å². The number of anilines is 1. The highest BCUT2D eigenvalue weighted by Gasteiger charge is 2.15. The first-order valence-corrected chi connectivity index (χ1v) is 7.66. The predicted octanol–water partition coefficient (Wildman–Crippen LogP) is 4.29. The molecule has 0 bridgehead atoms. The van der Waals surface area contributed by atoms with E-state index in [0.29, 0.717) is 15.7 Å². The quantitative estimate of drug-likeness (QED) is 0.806. The van der Waals surface area contributed by atoms with E-state index in [4.69, 9.17) is 9.47 Å². The maximum absolute atomic E-state index is 11.9. The first-order chi connectivity index (χ1) is 11.0. The van der Waals surface area contributed by atoms with Gasteiger partial charge in [0.15, 0.2) is 0 Å². The van der Waals surface area contributed by atoms with E-state index in [1.165, 1.54) is 7.11 Å². The second kappa shape index (κ2) is 7.78. The molecule has 23 heavy (non-hydrogen) atoms. The van der Waals surface area contributed by atoms with Gasteiger partial charge in [0.25, 0.3) is 0 Å². The standard InChI is InChI=1S/C17H16BrNO4/c1-11-8-14(18)13(16(20)22-2)9-15(11)19-17(21)23-10-12-6-4-3-5-7-12/h3-9H,10H2,1-2H3,(H,19,21). The van der Waals surface area contributed by atoms with Gasteiger partial charge in [-0.15, -0.1) is 0 Å². The molecule has 0 aliphatic rings. The second-order valence-corrected chi connectivity index (χ2v) is 5.68. The Morgan fingerprint density at radius 2 is 1.87 bits per heavy atom. The van der Waals surface area contributed by atoms with E-state index in [0.717, 1.165) is 11.1 Å². The van der Waals surface area contributed by atoms with E-state index in [1.54, 1.807) is 12.1 Å². The van der Waals surface area contributed by atoms with Crippen LogP contribution in [0.15, 0.2) is 46.9 Å². The fourth-order valence-electron chi connectivity index (χ4n) is 1.94. The van der Waals surface area contributed by atoms with Gasteiger partial charge in [-0.1, -0.05) is 30.3 Å². The Hall–Kier alpha value is -2.34. The zero-order chi connectivity index (χ0) is 16.8. The van der Waals surface area contributed by atoms with E-state index >= 15 is 0 Å². The average Bonchev–Trinajstić information content (AvgIpc) is 2.55. The molecule has 0 fully saturated rings. The van der Waals surface area contributed by atoms with Gasteiger partial charge in [-0.2, -0.15) is 0 Å². The fraction of sp³-hybridized carbons (Fsp3) is 0.176. The first kappa shape index (κ1) is 17.0. The minimum atomic E-state index is -0.588. The molecule has 0 saturated heterocycles. The minimum absolute atomic E-state index is 0.173. The summed E-state index contributed by atoms with van der Waals surface area (Å²) in [4.78, 5) is 23.6. The Morgan fingerprint density at radius 1 is 1.17 bits per heavy atom. The Bertz CT molecular complexity index is 716. The molecule has 0 heterocycles. The van der Waals surface area contributed by atoms with Gasteiger partial charge in [-0.25, -0.2) is 9.59 Å². The highest BCUT2D eigenvalue weighted by Crippen LogP contribution is 2.26. The lowest BCUT2D eigenvalue weighted by Gasteiger charge is -2.12. The van der Waals surface area contributed by atoms with Crippen LogP contribution in [0.3, 0.4) is 0 Å². The SMILES string of the molecule is COC(=O)c1cc(NC(=O)OCc2ccccc2)c(C)cc1Br. The highest BCUT2D eigenvalue weighted by atomic mass is 79.9. The molecule has 2 aromatic carbocycles. The van der Waals surface area contributed by atoms with Gasteiger partial charge in [-0.05, 0) is 46.1 Å². The summed E-state index contributed by atoms with van der Waals surface area (Å²) in [6.45, 7) is 1.99. The van der Waals surface area contributed by atoms with Crippen molar-refractivity contribution < 1.29 is 19.1 Å². The number of nitrogens with one attached hydrogen (secondary N) is 1. The summed E-state index contributed by atoms with van der Waals surface area (Å²) in [5.74, 6) is -0.488. The maximum Gasteiger partial charge on any atom is 0.411 e. The van der Waals surface area contributed by atoms with Gasteiger partial charge in [-0.3, -0.25) is 5.32 Å². The van der Waals surface area contributed by atoms with Crippen molar-refractivity contribution >= 4 is 33.7 Å². The fourth-order valence-corrected chi connectivity index (χ4v) is 2.56. The van der Waals surface area contributed by atoms with Crippen molar-refractivity contribution in [2.75, 3.05) is 12.4 Å². The van der Waals surface area contributed by atoms with Gasteiger partial charge in [0.05, 0.1) is 12.7 Å². The molecule has 1 amide bonds. The molecule has 0 spiro atoms. The van der Waals surface area contributed by atoms with Crippen molar-refractivity contribution in [3.8, 4) is 0 Å². The predicted molar refractivity (Wildman–Crippen MR) is 90.5 cm³/mol. The van der Waals surface area contributed by atoms with Crippen LogP contribution < -0.4 is 5.32 Å². The Labute approximate surface area is 142 Å². The molecule has 0 aliphatic carbocycles. The minimum Gasteiger partial charge on any atom is -0.465 e. The molecule has 120 valence electrons. The first-order valence-electron chi connectivity index (χ1n) is 6.87. The number of hydrogen-bond donors (Lipinski definition) is 1. The van der Waals surface area contributed by atoms with Gasteiger partial charge in [0, 0.05) is 10.2 Å². The molecule has 0 aromatic heterocycles. The van der Waals surface area contributed by atoms with Gasteiger partial charge in [0.2, 0.25) is 0 Å². The molecule has 2 rings (SSSR count). The van der Waals surface area contributed by atoms with E-state index in [9.17, 15) is 9.59 Å². The van der Waals surface area contributed by atoms with Crippen molar-refractivity contribution in [3.63, 3.8) is 0 Å². The number of halogens is 1. The van der Waals surface area contributed by atoms with Gasteiger partial charge >= 0.3 is 12.1 Å². The lowest BCUT2D eigenvalue weighted by atomic mass is 10.1. The molecular formula is C17H16BrNO4. The summed E-state index contributed by atoms with van der Waals surface area (Å²) >= 11 is 3.31. The third-order valence-corrected chi connectivity index (χ3v) is 3.82. The molecule has 1 N–H and O–H groups in total. The van der Waals surface area contributed by atoms with Gasteiger partial charge in [0.1, 0.15) is 6.61 Å². The summed E-state index contributed by atoms with van der Waals surface area (Å²) in [7, 11) is 1.30. The second-order valence-electron chi connectivity index (χ2n) is 4.83. The van der Waals surface area contributed by atoms with Crippen molar-refractivity contribution in [1.82, 2.24) is 0 Å². The molecule has 0 atom stereocenters. The average molecular weight is 378 g/mol. The molecule has 0 saturated carbocycles. The zero-order valence-corrected chi connectivity index (χ0v) is 14.3.